The minimum Gasteiger partial charge on any atom is -0.507 e. The van der Waals surface area contributed by atoms with E-state index in [0.29, 0.717) is 11.3 Å². The Morgan fingerprint density at radius 3 is 2.62 bits per heavy atom. The fraction of sp³-hybridized carbons (Fsp3) is 0.211. The molecular formula is C19H17FO3S. The molecule has 0 bridgehead atoms. The van der Waals surface area contributed by atoms with Crippen molar-refractivity contribution in [2.24, 2.45) is 0 Å². The van der Waals surface area contributed by atoms with Crippen molar-refractivity contribution in [2.75, 3.05) is 0 Å². The Labute approximate surface area is 143 Å². The standard InChI is InChI=1S/C19H17FO3S/c1-11-9-13(10-12(2)18(11)21)16-7-8-17(24-16)19(22)23-15-6-4-3-5-14(15)20/h4,6-10,21H,3,5H2,1-2H3. The third kappa shape index (κ3) is 3.26. The van der Waals surface area contributed by atoms with E-state index in [-0.39, 0.29) is 17.9 Å². The molecular weight excluding hydrogens is 327 g/mol. The van der Waals surface area contributed by atoms with E-state index in [9.17, 15) is 14.3 Å². The zero-order valence-corrected chi connectivity index (χ0v) is 14.2. The molecule has 0 unspecified atom stereocenters. The van der Waals surface area contributed by atoms with Crippen molar-refractivity contribution in [1.82, 2.24) is 0 Å². The van der Waals surface area contributed by atoms with Gasteiger partial charge in [0.15, 0.2) is 5.76 Å². The summed E-state index contributed by atoms with van der Waals surface area (Å²) >= 11 is 1.28. The lowest BCUT2D eigenvalue weighted by atomic mass is 10.0. The van der Waals surface area contributed by atoms with E-state index in [1.54, 1.807) is 12.1 Å². The zero-order valence-electron chi connectivity index (χ0n) is 13.4. The van der Waals surface area contributed by atoms with Crippen molar-refractivity contribution >= 4 is 17.3 Å². The number of allylic oxidation sites excluding steroid dienone is 3. The second-order valence-corrected chi connectivity index (χ2v) is 6.81. The third-order valence-corrected chi connectivity index (χ3v) is 4.97. The van der Waals surface area contributed by atoms with Gasteiger partial charge in [-0.3, -0.25) is 0 Å². The van der Waals surface area contributed by atoms with Crippen LogP contribution in [0, 0.1) is 13.8 Å². The van der Waals surface area contributed by atoms with Crippen LogP contribution in [-0.4, -0.2) is 11.1 Å². The van der Waals surface area contributed by atoms with Gasteiger partial charge < -0.3 is 9.84 Å². The molecule has 124 valence electrons. The number of aryl methyl sites for hydroxylation is 2. The highest BCUT2D eigenvalue weighted by Gasteiger charge is 2.17. The molecule has 2 aromatic rings. The number of carbonyl (C=O) groups excluding carboxylic acids is 1. The first-order valence-electron chi connectivity index (χ1n) is 7.63. The highest BCUT2D eigenvalue weighted by molar-refractivity contribution is 7.17. The molecule has 1 aromatic carbocycles. The molecule has 3 rings (SSSR count). The lowest BCUT2D eigenvalue weighted by molar-refractivity contribution is 0.0631. The Kier molecular flexibility index (Phi) is 4.53. The minimum atomic E-state index is -0.560. The fourth-order valence-electron chi connectivity index (χ4n) is 2.55. The van der Waals surface area contributed by atoms with E-state index in [4.69, 9.17) is 4.74 Å². The van der Waals surface area contributed by atoms with Crippen LogP contribution in [-0.2, 0) is 4.74 Å². The van der Waals surface area contributed by atoms with E-state index < -0.39 is 11.8 Å². The van der Waals surface area contributed by atoms with Gasteiger partial charge in [-0.25, -0.2) is 9.18 Å². The Bertz CT molecular complexity index is 838. The van der Waals surface area contributed by atoms with Crippen LogP contribution < -0.4 is 0 Å². The molecule has 3 nitrogen and oxygen atoms in total. The summed E-state index contributed by atoms with van der Waals surface area (Å²) in [6.45, 7) is 3.67. The van der Waals surface area contributed by atoms with Gasteiger partial charge in [0, 0.05) is 11.3 Å². The second kappa shape index (κ2) is 6.61. The highest BCUT2D eigenvalue weighted by Crippen LogP contribution is 2.34. The molecule has 0 amide bonds. The summed E-state index contributed by atoms with van der Waals surface area (Å²) in [5.74, 6) is -0.679. The van der Waals surface area contributed by atoms with Gasteiger partial charge in [-0.1, -0.05) is 6.08 Å². The van der Waals surface area contributed by atoms with Crippen LogP contribution in [0.1, 0.15) is 33.6 Å². The molecule has 1 aliphatic rings. The number of ether oxygens (including phenoxy) is 1. The third-order valence-electron chi connectivity index (χ3n) is 3.85. The van der Waals surface area contributed by atoms with Crippen molar-refractivity contribution in [3.63, 3.8) is 0 Å². The maximum Gasteiger partial charge on any atom is 0.353 e. The second-order valence-electron chi connectivity index (χ2n) is 5.72. The van der Waals surface area contributed by atoms with Crippen molar-refractivity contribution < 1.29 is 19.0 Å². The lowest BCUT2D eigenvalue weighted by Crippen LogP contribution is -2.04. The number of thiophene rings is 1. The maximum atomic E-state index is 13.7. The van der Waals surface area contributed by atoms with Gasteiger partial charge in [-0.05, 0) is 67.3 Å². The number of carbonyl (C=O) groups is 1. The summed E-state index contributed by atoms with van der Waals surface area (Å²) in [5.41, 5.74) is 2.49. The molecule has 1 aliphatic carbocycles. The summed E-state index contributed by atoms with van der Waals surface area (Å²) in [6, 6.07) is 7.24. The molecule has 0 saturated carbocycles. The van der Waals surface area contributed by atoms with Crippen LogP contribution in [0.5, 0.6) is 5.75 Å². The van der Waals surface area contributed by atoms with Crippen molar-refractivity contribution in [1.29, 1.82) is 0 Å². The smallest absolute Gasteiger partial charge is 0.353 e. The summed E-state index contributed by atoms with van der Waals surface area (Å²) in [4.78, 5) is 13.5. The van der Waals surface area contributed by atoms with Gasteiger partial charge in [-0.2, -0.15) is 0 Å². The predicted octanol–water partition coefficient (Wildman–Crippen LogP) is 5.43. The SMILES string of the molecule is Cc1cc(-c2ccc(C(=O)OC3=C(F)CCC=C3)s2)cc(C)c1O. The lowest BCUT2D eigenvalue weighted by Gasteiger charge is -2.09. The summed E-state index contributed by atoms with van der Waals surface area (Å²) < 4.78 is 18.8. The predicted molar refractivity (Wildman–Crippen MR) is 92.8 cm³/mol. The molecule has 0 aliphatic heterocycles. The minimum absolute atomic E-state index is 0.00229. The van der Waals surface area contributed by atoms with E-state index in [1.165, 1.54) is 17.4 Å². The Morgan fingerprint density at radius 1 is 1.25 bits per heavy atom. The van der Waals surface area contributed by atoms with E-state index in [1.807, 2.05) is 32.0 Å². The number of phenolic OH excluding ortho intramolecular Hbond substituents is 1. The van der Waals surface area contributed by atoms with Gasteiger partial charge in [0.1, 0.15) is 16.5 Å². The van der Waals surface area contributed by atoms with Crippen LogP contribution >= 0.6 is 11.3 Å². The summed E-state index contributed by atoms with van der Waals surface area (Å²) in [6.07, 6.45) is 4.17. The molecule has 5 heteroatoms. The molecule has 1 N–H and O–H groups in total. The largest absolute Gasteiger partial charge is 0.507 e. The quantitative estimate of drug-likeness (QED) is 0.756. The summed E-state index contributed by atoms with van der Waals surface area (Å²) in [7, 11) is 0. The topological polar surface area (TPSA) is 46.5 Å². The van der Waals surface area contributed by atoms with Crippen molar-refractivity contribution in [3.8, 4) is 16.2 Å². The highest BCUT2D eigenvalue weighted by atomic mass is 32.1. The van der Waals surface area contributed by atoms with Crippen molar-refractivity contribution in [2.45, 2.75) is 26.7 Å². The average molecular weight is 344 g/mol. The van der Waals surface area contributed by atoms with Gasteiger partial charge in [0.25, 0.3) is 0 Å². The number of phenols is 1. The van der Waals surface area contributed by atoms with Gasteiger partial charge in [0.05, 0.1) is 0 Å². The first-order valence-corrected chi connectivity index (χ1v) is 8.45. The molecule has 1 aromatic heterocycles. The number of halogens is 1. The van der Waals surface area contributed by atoms with Crippen LogP contribution in [0.15, 0.2) is 48.0 Å². The van der Waals surface area contributed by atoms with E-state index in [2.05, 4.69) is 0 Å². The molecule has 0 saturated heterocycles. The molecule has 0 radical (unpaired) electrons. The number of aromatic hydroxyl groups is 1. The normalized spacial score (nSPS) is 14.1. The van der Waals surface area contributed by atoms with E-state index in [0.717, 1.165) is 21.6 Å². The van der Waals surface area contributed by atoms with E-state index >= 15 is 0 Å². The van der Waals surface area contributed by atoms with Gasteiger partial charge in [0.2, 0.25) is 0 Å². The molecule has 1 heterocycles. The number of esters is 1. The maximum absolute atomic E-state index is 13.7. The van der Waals surface area contributed by atoms with Crippen LogP contribution in [0.25, 0.3) is 10.4 Å². The number of rotatable bonds is 3. The Balaban J connectivity index is 1.83. The molecule has 0 spiro atoms. The van der Waals surface area contributed by atoms with Crippen molar-refractivity contribution in [3.05, 3.63) is 64.0 Å². The summed E-state index contributed by atoms with van der Waals surface area (Å²) in [5, 5.41) is 9.86. The zero-order chi connectivity index (χ0) is 17.3. The van der Waals surface area contributed by atoms with Crippen LogP contribution in [0.2, 0.25) is 0 Å². The average Bonchev–Trinajstić information content (AvgIpc) is 3.04. The van der Waals surface area contributed by atoms with Crippen LogP contribution in [0.4, 0.5) is 4.39 Å². The van der Waals surface area contributed by atoms with Gasteiger partial charge >= 0.3 is 5.97 Å². The molecule has 0 fully saturated rings. The number of hydrogen-bond donors (Lipinski definition) is 1. The van der Waals surface area contributed by atoms with Gasteiger partial charge in [-0.15, -0.1) is 11.3 Å². The molecule has 24 heavy (non-hydrogen) atoms. The van der Waals surface area contributed by atoms with Crippen LogP contribution in [0.3, 0.4) is 0 Å². The first kappa shape index (κ1) is 16.5. The number of benzene rings is 1. The number of hydrogen-bond acceptors (Lipinski definition) is 4. The Morgan fingerprint density at radius 2 is 1.96 bits per heavy atom. The monoisotopic (exact) mass is 344 g/mol. The molecule has 0 atom stereocenters. The fourth-order valence-corrected chi connectivity index (χ4v) is 3.42. The Hall–Kier alpha value is -2.40. The first-order chi connectivity index (χ1) is 11.5.